The van der Waals surface area contributed by atoms with Crippen molar-refractivity contribution in [1.29, 1.82) is 0 Å². The lowest BCUT2D eigenvalue weighted by Gasteiger charge is -2.06. The van der Waals surface area contributed by atoms with Gasteiger partial charge in [-0.2, -0.15) is 0 Å². The minimum absolute atomic E-state index is 0.00916. The van der Waals surface area contributed by atoms with E-state index in [4.69, 9.17) is 11.6 Å². The van der Waals surface area contributed by atoms with Crippen LogP contribution < -0.4 is 0 Å². The summed E-state index contributed by atoms with van der Waals surface area (Å²) in [7, 11) is 0. The molecule has 86 valence electrons. The van der Waals surface area contributed by atoms with Gasteiger partial charge in [0.2, 0.25) is 0 Å². The van der Waals surface area contributed by atoms with Crippen molar-refractivity contribution in [3.05, 3.63) is 52.5 Å². The summed E-state index contributed by atoms with van der Waals surface area (Å²) in [4.78, 5) is 10.6. The number of hydrogen-bond acceptors (Lipinski definition) is 2. The summed E-state index contributed by atoms with van der Waals surface area (Å²) in [5.41, 5.74) is 3.08. The Balaban J connectivity index is 2.49. The maximum atomic E-state index is 10.6. The van der Waals surface area contributed by atoms with Gasteiger partial charge in [0.05, 0.1) is 5.56 Å². The molecule has 0 fully saturated rings. The summed E-state index contributed by atoms with van der Waals surface area (Å²) < 4.78 is 0. The van der Waals surface area contributed by atoms with Crippen molar-refractivity contribution in [1.82, 2.24) is 0 Å². The van der Waals surface area contributed by atoms with E-state index < -0.39 is 0 Å². The maximum Gasteiger partial charge on any atom is 0.153 e. The van der Waals surface area contributed by atoms with Crippen LogP contribution in [0.2, 0.25) is 5.02 Å². The molecule has 0 bridgehead atoms. The van der Waals surface area contributed by atoms with Gasteiger partial charge in [0.25, 0.3) is 0 Å². The molecule has 0 aliphatic carbocycles. The molecule has 0 aromatic heterocycles. The van der Waals surface area contributed by atoms with Gasteiger partial charge >= 0.3 is 0 Å². The fourth-order valence-corrected chi connectivity index (χ4v) is 1.76. The van der Waals surface area contributed by atoms with Crippen molar-refractivity contribution in [2.45, 2.75) is 6.92 Å². The van der Waals surface area contributed by atoms with Crippen LogP contribution in [0.1, 0.15) is 15.9 Å². The molecule has 0 heterocycles. The first-order valence-electron chi connectivity index (χ1n) is 5.16. The molecular weight excluding hydrogens is 236 g/mol. The zero-order valence-electron chi connectivity index (χ0n) is 9.27. The first kappa shape index (κ1) is 11.7. The average Bonchev–Trinajstić information content (AvgIpc) is 2.32. The molecule has 0 atom stereocenters. The number of aryl methyl sites for hydroxylation is 1. The van der Waals surface area contributed by atoms with E-state index in [0.29, 0.717) is 16.9 Å². The highest BCUT2D eigenvalue weighted by atomic mass is 35.5. The van der Waals surface area contributed by atoms with Crippen molar-refractivity contribution in [3.8, 4) is 16.9 Å². The maximum absolute atomic E-state index is 10.6. The van der Waals surface area contributed by atoms with Gasteiger partial charge in [-0.3, -0.25) is 4.79 Å². The van der Waals surface area contributed by atoms with Crippen LogP contribution in [0, 0.1) is 6.92 Å². The molecule has 0 saturated carbocycles. The summed E-state index contributed by atoms with van der Waals surface area (Å²) in [6.07, 6.45) is 0.631. The number of hydrogen-bond donors (Lipinski definition) is 1. The number of rotatable bonds is 2. The van der Waals surface area contributed by atoms with Crippen LogP contribution >= 0.6 is 11.6 Å². The third-order valence-corrected chi connectivity index (χ3v) is 3.07. The lowest BCUT2D eigenvalue weighted by atomic mass is 10.0. The van der Waals surface area contributed by atoms with E-state index in [1.807, 2.05) is 25.1 Å². The van der Waals surface area contributed by atoms with Crippen LogP contribution in [0.25, 0.3) is 11.1 Å². The second kappa shape index (κ2) is 4.60. The Morgan fingerprint density at radius 2 is 1.76 bits per heavy atom. The number of carbonyl (C=O) groups is 1. The first-order valence-corrected chi connectivity index (χ1v) is 5.54. The number of benzene rings is 2. The number of halogens is 1. The van der Waals surface area contributed by atoms with Gasteiger partial charge in [0, 0.05) is 5.02 Å². The highest BCUT2D eigenvalue weighted by molar-refractivity contribution is 6.31. The number of carbonyl (C=O) groups excluding carboxylic acids is 1. The van der Waals surface area contributed by atoms with Crippen LogP contribution in [0.15, 0.2) is 36.4 Å². The molecule has 2 nitrogen and oxygen atoms in total. The van der Waals surface area contributed by atoms with Crippen molar-refractivity contribution < 1.29 is 9.90 Å². The van der Waals surface area contributed by atoms with Gasteiger partial charge in [0.15, 0.2) is 6.29 Å². The first-order chi connectivity index (χ1) is 8.11. The average molecular weight is 247 g/mol. The predicted octanol–water partition coefficient (Wildman–Crippen LogP) is 3.83. The van der Waals surface area contributed by atoms with E-state index in [1.165, 1.54) is 0 Å². The lowest BCUT2D eigenvalue weighted by molar-refractivity contribution is 0.112. The van der Waals surface area contributed by atoms with Gasteiger partial charge in [0.1, 0.15) is 5.75 Å². The summed E-state index contributed by atoms with van der Waals surface area (Å²) in [5.74, 6) is -0.00916. The van der Waals surface area contributed by atoms with Crippen LogP contribution in [0.4, 0.5) is 0 Å². The molecule has 0 aliphatic heterocycles. The van der Waals surface area contributed by atoms with E-state index in [-0.39, 0.29) is 5.75 Å². The monoisotopic (exact) mass is 246 g/mol. The molecule has 3 heteroatoms. The Morgan fingerprint density at radius 1 is 1.12 bits per heavy atom. The summed E-state index contributed by atoms with van der Waals surface area (Å²) in [6.45, 7) is 1.92. The van der Waals surface area contributed by atoms with Crippen LogP contribution in [-0.4, -0.2) is 11.4 Å². The molecule has 2 aromatic rings. The molecule has 0 saturated heterocycles. The highest BCUT2D eigenvalue weighted by Crippen LogP contribution is 2.28. The zero-order valence-corrected chi connectivity index (χ0v) is 10.0. The van der Waals surface area contributed by atoms with Crippen molar-refractivity contribution in [2.24, 2.45) is 0 Å². The number of phenolic OH excluding ortho intramolecular Hbond substituents is 1. The van der Waals surface area contributed by atoms with Crippen molar-refractivity contribution in [3.63, 3.8) is 0 Å². The van der Waals surface area contributed by atoms with E-state index in [9.17, 15) is 9.90 Å². The van der Waals surface area contributed by atoms with Gasteiger partial charge in [-0.1, -0.05) is 23.7 Å². The Bertz CT molecular complexity index is 576. The smallest absolute Gasteiger partial charge is 0.153 e. The van der Waals surface area contributed by atoms with E-state index in [0.717, 1.165) is 16.7 Å². The second-order valence-electron chi connectivity index (χ2n) is 3.86. The summed E-state index contributed by atoms with van der Waals surface area (Å²) >= 11 is 5.95. The number of aldehydes is 1. The molecule has 1 N–H and O–H groups in total. The Kier molecular flexibility index (Phi) is 3.16. The third-order valence-electron chi connectivity index (χ3n) is 2.65. The second-order valence-corrected chi connectivity index (χ2v) is 4.26. The molecule has 17 heavy (non-hydrogen) atoms. The van der Waals surface area contributed by atoms with Crippen LogP contribution in [0.5, 0.6) is 5.75 Å². The van der Waals surface area contributed by atoms with Gasteiger partial charge < -0.3 is 5.11 Å². The topological polar surface area (TPSA) is 37.3 Å². The third kappa shape index (κ3) is 2.32. The van der Waals surface area contributed by atoms with Crippen LogP contribution in [0.3, 0.4) is 0 Å². The summed E-state index contributed by atoms with van der Waals surface area (Å²) in [5, 5.41) is 10.3. The fourth-order valence-electron chi connectivity index (χ4n) is 1.65. The standard InChI is InChI=1S/C14H11ClO2/c1-9-6-10(4-5-13(9)15)11-2-3-12(8-16)14(17)7-11/h2-8,17H,1H3. The van der Waals surface area contributed by atoms with Crippen molar-refractivity contribution in [2.75, 3.05) is 0 Å². The Labute approximate surface area is 104 Å². The van der Waals surface area contributed by atoms with Crippen LogP contribution in [-0.2, 0) is 0 Å². The molecule has 0 amide bonds. The highest BCUT2D eigenvalue weighted by Gasteiger charge is 2.04. The Hall–Kier alpha value is -1.80. The largest absolute Gasteiger partial charge is 0.507 e. The van der Waals surface area contributed by atoms with Gasteiger partial charge in [-0.15, -0.1) is 0 Å². The molecule has 0 aliphatic rings. The van der Waals surface area contributed by atoms with E-state index >= 15 is 0 Å². The molecule has 0 radical (unpaired) electrons. The SMILES string of the molecule is Cc1cc(-c2ccc(C=O)c(O)c2)ccc1Cl. The summed E-state index contributed by atoms with van der Waals surface area (Å²) in [6, 6.07) is 10.6. The fraction of sp³-hybridized carbons (Fsp3) is 0.0714. The molecule has 2 rings (SSSR count). The van der Waals surface area contributed by atoms with E-state index in [1.54, 1.807) is 18.2 Å². The Morgan fingerprint density at radius 3 is 2.35 bits per heavy atom. The lowest BCUT2D eigenvalue weighted by Crippen LogP contribution is -1.84. The van der Waals surface area contributed by atoms with Crippen molar-refractivity contribution >= 4 is 17.9 Å². The van der Waals surface area contributed by atoms with E-state index in [2.05, 4.69) is 0 Å². The quantitative estimate of drug-likeness (QED) is 0.818. The minimum Gasteiger partial charge on any atom is -0.507 e. The zero-order chi connectivity index (χ0) is 12.4. The molecular formula is C14H11ClO2. The molecule has 2 aromatic carbocycles. The van der Waals surface area contributed by atoms with Gasteiger partial charge in [-0.25, -0.2) is 0 Å². The number of phenols is 1. The molecule has 0 spiro atoms. The predicted molar refractivity (Wildman–Crippen MR) is 68.7 cm³/mol. The minimum atomic E-state index is -0.00916. The van der Waals surface area contributed by atoms with Gasteiger partial charge in [-0.05, 0) is 47.9 Å². The number of aromatic hydroxyl groups is 1. The normalized spacial score (nSPS) is 10.2. The molecule has 0 unspecified atom stereocenters.